The van der Waals surface area contributed by atoms with Crippen molar-refractivity contribution < 1.29 is 28.2 Å². The quantitative estimate of drug-likeness (QED) is 0.456. The van der Waals surface area contributed by atoms with E-state index in [0.29, 0.717) is 29.4 Å². The predicted molar refractivity (Wildman–Crippen MR) is 137 cm³/mol. The second-order valence-corrected chi connectivity index (χ2v) is 8.52. The summed E-state index contributed by atoms with van der Waals surface area (Å²) in [6, 6.07) is 17.8. The van der Waals surface area contributed by atoms with Crippen LogP contribution in [0.4, 0.5) is 4.39 Å². The fourth-order valence-electron chi connectivity index (χ4n) is 4.21. The number of nitrogens with zero attached hydrogens (tertiary/aromatic N) is 3. The molecule has 0 N–H and O–H groups in total. The summed E-state index contributed by atoms with van der Waals surface area (Å²) in [5.74, 6) is 0.533. The topological polar surface area (TPSA) is 80.7 Å². The summed E-state index contributed by atoms with van der Waals surface area (Å²) < 4.78 is 29.7. The Kier molecular flexibility index (Phi) is 7.71. The molecule has 8 nitrogen and oxygen atoms in total. The molecule has 3 aromatic rings. The summed E-state index contributed by atoms with van der Waals surface area (Å²) in [5.41, 5.74) is 2.42. The standard InChI is InChI=1S/C28H28FN3O5/c1-31(28(34)19-6-5-7-20(29)14-19)17-27(33)32-25(18-8-10-21(35-2)11-9-18)16-24(30-32)23-13-12-22(36-3)15-26(23)37-4/h5-15,25H,16-17H2,1-4H3/t25-/m0/s1. The SMILES string of the molecule is COc1ccc([C@@H]2CC(c3ccc(OC)cc3OC)=NN2C(=O)CN(C)C(=O)c2cccc(F)c2)cc1. The first-order chi connectivity index (χ1) is 17.8. The molecule has 1 aliphatic heterocycles. The maximum atomic E-state index is 13.6. The van der Waals surface area contributed by atoms with Crippen molar-refractivity contribution in [3.8, 4) is 17.2 Å². The molecule has 0 bridgehead atoms. The maximum Gasteiger partial charge on any atom is 0.262 e. The number of methoxy groups -OCH3 is 3. The molecule has 0 fully saturated rings. The third kappa shape index (κ3) is 5.55. The van der Waals surface area contributed by atoms with Crippen molar-refractivity contribution in [2.24, 2.45) is 5.10 Å². The first kappa shape index (κ1) is 25.7. The maximum absolute atomic E-state index is 13.6. The van der Waals surface area contributed by atoms with E-state index < -0.39 is 17.8 Å². The van der Waals surface area contributed by atoms with Gasteiger partial charge in [-0.1, -0.05) is 18.2 Å². The second kappa shape index (κ2) is 11.1. The minimum absolute atomic E-state index is 0.163. The average Bonchev–Trinajstić information content (AvgIpc) is 3.37. The molecule has 1 heterocycles. The van der Waals surface area contributed by atoms with Crippen LogP contribution in [0.3, 0.4) is 0 Å². The lowest BCUT2D eigenvalue weighted by molar-refractivity contribution is -0.133. The van der Waals surface area contributed by atoms with Crippen LogP contribution in [-0.4, -0.2) is 62.4 Å². The molecule has 0 saturated carbocycles. The molecule has 0 aliphatic carbocycles. The van der Waals surface area contributed by atoms with E-state index in [4.69, 9.17) is 14.2 Å². The van der Waals surface area contributed by atoms with Crippen LogP contribution >= 0.6 is 0 Å². The van der Waals surface area contributed by atoms with Crippen molar-refractivity contribution in [3.63, 3.8) is 0 Å². The van der Waals surface area contributed by atoms with Gasteiger partial charge in [0.1, 0.15) is 29.6 Å². The van der Waals surface area contributed by atoms with Crippen LogP contribution in [0.5, 0.6) is 17.2 Å². The molecule has 1 aliphatic rings. The monoisotopic (exact) mass is 505 g/mol. The predicted octanol–water partition coefficient (Wildman–Crippen LogP) is 4.30. The molecule has 0 aromatic heterocycles. The van der Waals surface area contributed by atoms with Gasteiger partial charge in [0.05, 0.1) is 33.1 Å². The third-order valence-corrected chi connectivity index (χ3v) is 6.18. The van der Waals surface area contributed by atoms with Crippen molar-refractivity contribution in [2.75, 3.05) is 34.9 Å². The van der Waals surface area contributed by atoms with E-state index in [-0.39, 0.29) is 18.0 Å². The van der Waals surface area contributed by atoms with E-state index in [2.05, 4.69) is 5.10 Å². The Balaban J connectivity index is 1.64. The van der Waals surface area contributed by atoms with Crippen molar-refractivity contribution in [1.82, 2.24) is 9.91 Å². The van der Waals surface area contributed by atoms with Gasteiger partial charge in [-0.3, -0.25) is 9.59 Å². The molecule has 0 unspecified atom stereocenters. The number of likely N-dealkylation sites (N-methyl/N-ethyl adjacent to an activating group) is 1. The number of amides is 2. The lowest BCUT2D eigenvalue weighted by atomic mass is 9.97. The van der Waals surface area contributed by atoms with Gasteiger partial charge in [-0.05, 0) is 48.0 Å². The number of hydrogen-bond acceptors (Lipinski definition) is 6. The fourth-order valence-corrected chi connectivity index (χ4v) is 4.21. The normalized spacial score (nSPS) is 14.7. The van der Waals surface area contributed by atoms with E-state index in [0.717, 1.165) is 17.2 Å². The molecule has 0 radical (unpaired) electrons. The number of hydrazone groups is 1. The van der Waals surface area contributed by atoms with E-state index >= 15 is 0 Å². The summed E-state index contributed by atoms with van der Waals surface area (Å²) in [7, 11) is 6.22. The Hall–Kier alpha value is -4.40. The van der Waals surface area contributed by atoms with Crippen LogP contribution in [0.25, 0.3) is 0 Å². The van der Waals surface area contributed by atoms with Crippen LogP contribution in [-0.2, 0) is 4.79 Å². The van der Waals surface area contributed by atoms with Crippen molar-refractivity contribution >= 4 is 17.5 Å². The minimum atomic E-state index is -0.521. The van der Waals surface area contributed by atoms with Gasteiger partial charge in [0, 0.05) is 30.7 Å². The zero-order valence-electron chi connectivity index (χ0n) is 21.1. The molecular formula is C28H28FN3O5. The average molecular weight is 506 g/mol. The highest BCUT2D eigenvalue weighted by Crippen LogP contribution is 2.36. The molecule has 2 amide bonds. The number of halogens is 1. The summed E-state index contributed by atoms with van der Waals surface area (Å²) in [5, 5.41) is 6.07. The highest BCUT2D eigenvalue weighted by Gasteiger charge is 2.35. The molecule has 0 saturated heterocycles. The zero-order chi connectivity index (χ0) is 26.5. The largest absolute Gasteiger partial charge is 0.497 e. The molecule has 4 rings (SSSR count). The number of carbonyl (C=O) groups is 2. The molecule has 1 atom stereocenters. The van der Waals surface area contributed by atoms with Gasteiger partial charge in [0.15, 0.2) is 0 Å². The van der Waals surface area contributed by atoms with Gasteiger partial charge >= 0.3 is 0 Å². The molecule has 0 spiro atoms. The van der Waals surface area contributed by atoms with Gasteiger partial charge in [-0.15, -0.1) is 0 Å². The van der Waals surface area contributed by atoms with E-state index in [1.54, 1.807) is 33.5 Å². The lowest BCUT2D eigenvalue weighted by Gasteiger charge is -2.25. The Labute approximate surface area is 214 Å². The van der Waals surface area contributed by atoms with Crippen LogP contribution < -0.4 is 14.2 Å². The van der Waals surface area contributed by atoms with Crippen LogP contribution in [0, 0.1) is 5.82 Å². The highest BCUT2D eigenvalue weighted by molar-refractivity contribution is 6.05. The first-order valence-electron chi connectivity index (χ1n) is 11.6. The minimum Gasteiger partial charge on any atom is -0.497 e. The molecule has 3 aromatic carbocycles. The zero-order valence-corrected chi connectivity index (χ0v) is 21.1. The Morgan fingerprint density at radius 1 is 0.973 bits per heavy atom. The van der Waals surface area contributed by atoms with Crippen molar-refractivity contribution in [2.45, 2.75) is 12.5 Å². The third-order valence-electron chi connectivity index (χ3n) is 6.18. The van der Waals surface area contributed by atoms with Crippen LogP contribution in [0.1, 0.15) is 33.9 Å². The highest BCUT2D eigenvalue weighted by atomic mass is 19.1. The summed E-state index contributed by atoms with van der Waals surface area (Å²) in [6.07, 6.45) is 0.433. The van der Waals surface area contributed by atoms with Crippen LogP contribution in [0.2, 0.25) is 0 Å². The Morgan fingerprint density at radius 2 is 1.68 bits per heavy atom. The Bertz CT molecular complexity index is 1330. The van der Waals surface area contributed by atoms with E-state index in [9.17, 15) is 14.0 Å². The van der Waals surface area contributed by atoms with Crippen molar-refractivity contribution in [1.29, 1.82) is 0 Å². The molecular weight excluding hydrogens is 477 g/mol. The summed E-state index contributed by atoms with van der Waals surface area (Å²) in [4.78, 5) is 27.5. The van der Waals surface area contributed by atoms with Gasteiger partial charge in [0.2, 0.25) is 0 Å². The van der Waals surface area contributed by atoms with Gasteiger partial charge in [0.25, 0.3) is 11.8 Å². The summed E-state index contributed by atoms with van der Waals surface area (Å²) >= 11 is 0. The first-order valence-corrected chi connectivity index (χ1v) is 11.6. The Morgan fingerprint density at radius 3 is 2.32 bits per heavy atom. The van der Waals surface area contributed by atoms with E-state index in [1.165, 1.54) is 35.2 Å². The van der Waals surface area contributed by atoms with E-state index in [1.807, 2.05) is 30.3 Å². The molecule has 192 valence electrons. The van der Waals surface area contributed by atoms with Crippen molar-refractivity contribution in [3.05, 3.63) is 89.2 Å². The number of rotatable bonds is 8. The number of benzene rings is 3. The van der Waals surface area contributed by atoms with Gasteiger partial charge in [-0.2, -0.15) is 5.10 Å². The summed E-state index contributed by atoms with van der Waals surface area (Å²) in [6.45, 7) is -0.238. The lowest BCUT2D eigenvalue weighted by Crippen LogP contribution is -2.39. The molecule has 9 heteroatoms. The number of hydrogen-bond donors (Lipinski definition) is 0. The molecule has 37 heavy (non-hydrogen) atoms. The fraction of sp³-hybridized carbons (Fsp3) is 0.250. The van der Waals surface area contributed by atoms with Gasteiger partial charge < -0.3 is 19.1 Å². The number of carbonyl (C=O) groups excluding carboxylic acids is 2. The van der Waals surface area contributed by atoms with Gasteiger partial charge in [-0.25, -0.2) is 9.40 Å². The second-order valence-electron chi connectivity index (χ2n) is 8.52. The smallest absolute Gasteiger partial charge is 0.262 e. The van der Waals surface area contributed by atoms with Crippen LogP contribution in [0.15, 0.2) is 71.8 Å². The number of ether oxygens (including phenoxy) is 3.